The van der Waals surface area contributed by atoms with Crippen LogP contribution in [0.3, 0.4) is 0 Å². The molecule has 0 saturated carbocycles. The van der Waals surface area contributed by atoms with Crippen LogP contribution >= 0.6 is 22.9 Å². The number of likely N-dealkylation sites (tertiary alicyclic amines) is 1. The van der Waals surface area contributed by atoms with Gasteiger partial charge in [0.15, 0.2) is 0 Å². The Labute approximate surface area is 161 Å². The van der Waals surface area contributed by atoms with E-state index in [1.807, 2.05) is 36.1 Å². The van der Waals surface area contributed by atoms with Crippen molar-refractivity contribution in [2.75, 3.05) is 13.1 Å². The highest BCUT2D eigenvalue weighted by atomic mass is 35.5. The SMILES string of the molecule is CC(=O)N[C@@H]1CN(Cc2sc3ccccc3c2Cl)C[C@H]1c1nccn1C. The predicted octanol–water partition coefficient (Wildman–Crippen LogP) is 3.39. The van der Waals surface area contributed by atoms with Gasteiger partial charge >= 0.3 is 0 Å². The number of halogens is 1. The van der Waals surface area contributed by atoms with Crippen LogP contribution in [-0.2, 0) is 18.4 Å². The number of rotatable bonds is 4. The lowest BCUT2D eigenvalue weighted by molar-refractivity contribution is -0.119. The zero-order valence-corrected chi connectivity index (χ0v) is 16.3. The third-order valence-electron chi connectivity index (χ3n) is 4.94. The molecule has 0 unspecified atom stereocenters. The first kappa shape index (κ1) is 17.5. The lowest BCUT2D eigenvalue weighted by Gasteiger charge is -2.18. The molecular weight excluding hydrogens is 368 g/mol. The number of amides is 1. The molecule has 1 N–H and O–H groups in total. The maximum atomic E-state index is 11.7. The van der Waals surface area contributed by atoms with E-state index in [9.17, 15) is 4.79 Å². The molecule has 1 amide bonds. The smallest absolute Gasteiger partial charge is 0.217 e. The molecule has 1 aliphatic rings. The molecule has 0 aliphatic carbocycles. The summed E-state index contributed by atoms with van der Waals surface area (Å²) in [6, 6.07) is 8.29. The molecule has 136 valence electrons. The maximum Gasteiger partial charge on any atom is 0.217 e. The zero-order chi connectivity index (χ0) is 18.3. The van der Waals surface area contributed by atoms with Crippen LogP contribution < -0.4 is 5.32 Å². The minimum Gasteiger partial charge on any atom is -0.352 e. The molecule has 3 heterocycles. The monoisotopic (exact) mass is 388 g/mol. The van der Waals surface area contributed by atoms with Crippen LogP contribution in [0, 0.1) is 0 Å². The number of nitrogens with one attached hydrogen (secondary N) is 1. The van der Waals surface area contributed by atoms with E-state index in [0.29, 0.717) is 0 Å². The summed E-state index contributed by atoms with van der Waals surface area (Å²) in [5, 5.41) is 5.07. The Morgan fingerprint density at radius 1 is 1.38 bits per heavy atom. The first-order valence-electron chi connectivity index (χ1n) is 8.65. The fourth-order valence-corrected chi connectivity index (χ4v) is 5.32. The molecule has 26 heavy (non-hydrogen) atoms. The molecule has 1 aliphatic heterocycles. The second-order valence-electron chi connectivity index (χ2n) is 6.84. The summed E-state index contributed by atoms with van der Waals surface area (Å²) in [6.45, 7) is 4.00. The summed E-state index contributed by atoms with van der Waals surface area (Å²) < 4.78 is 3.25. The van der Waals surface area contributed by atoms with Crippen molar-refractivity contribution in [2.24, 2.45) is 7.05 Å². The summed E-state index contributed by atoms with van der Waals surface area (Å²) in [7, 11) is 2.00. The largest absolute Gasteiger partial charge is 0.352 e. The number of carbonyl (C=O) groups is 1. The number of imidazole rings is 1. The number of aromatic nitrogens is 2. The number of hydrogen-bond donors (Lipinski definition) is 1. The second-order valence-corrected chi connectivity index (χ2v) is 8.35. The van der Waals surface area contributed by atoms with Gasteiger partial charge in [-0.2, -0.15) is 0 Å². The molecule has 2 atom stereocenters. The molecular formula is C19H21ClN4OS. The van der Waals surface area contributed by atoms with Gasteiger partial charge in [-0.3, -0.25) is 9.69 Å². The van der Waals surface area contributed by atoms with E-state index in [2.05, 4.69) is 27.3 Å². The highest BCUT2D eigenvalue weighted by Gasteiger charge is 2.36. The molecule has 1 saturated heterocycles. The van der Waals surface area contributed by atoms with Gasteiger partial charge in [0.05, 0.1) is 17.0 Å². The molecule has 0 spiro atoms. The van der Waals surface area contributed by atoms with Gasteiger partial charge in [0.1, 0.15) is 5.82 Å². The van der Waals surface area contributed by atoms with Crippen LogP contribution in [0.2, 0.25) is 5.02 Å². The maximum absolute atomic E-state index is 11.7. The van der Waals surface area contributed by atoms with E-state index >= 15 is 0 Å². The number of carbonyl (C=O) groups excluding carboxylic acids is 1. The minimum absolute atomic E-state index is 0.00375. The highest BCUT2D eigenvalue weighted by molar-refractivity contribution is 7.19. The molecule has 1 aromatic carbocycles. The topological polar surface area (TPSA) is 50.2 Å². The Morgan fingerprint density at radius 2 is 2.19 bits per heavy atom. The van der Waals surface area contributed by atoms with Gasteiger partial charge in [-0.15, -0.1) is 11.3 Å². The number of aryl methyl sites for hydroxylation is 1. The van der Waals surface area contributed by atoms with Crippen LogP contribution in [0.15, 0.2) is 36.7 Å². The molecule has 1 fully saturated rings. The van der Waals surface area contributed by atoms with Crippen LogP contribution in [0.4, 0.5) is 0 Å². The first-order valence-corrected chi connectivity index (χ1v) is 9.85. The summed E-state index contributed by atoms with van der Waals surface area (Å²) >= 11 is 8.36. The lowest BCUT2D eigenvalue weighted by Crippen LogP contribution is -2.39. The molecule has 2 aromatic heterocycles. The Kier molecular flexibility index (Phi) is 4.73. The number of nitrogens with zero attached hydrogens (tertiary/aromatic N) is 3. The van der Waals surface area contributed by atoms with E-state index in [0.717, 1.165) is 35.9 Å². The van der Waals surface area contributed by atoms with Crippen LogP contribution in [-0.4, -0.2) is 39.5 Å². The van der Waals surface area contributed by atoms with E-state index in [4.69, 9.17) is 11.6 Å². The Hall–Kier alpha value is -1.89. The van der Waals surface area contributed by atoms with Crippen molar-refractivity contribution in [1.82, 2.24) is 19.8 Å². The summed E-state index contributed by atoms with van der Waals surface area (Å²) in [5.41, 5.74) is 0. The van der Waals surface area contributed by atoms with Gasteiger partial charge in [-0.05, 0) is 6.07 Å². The van der Waals surface area contributed by atoms with Crippen molar-refractivity contribution in [3.05, 3.63) is 52.4 Å². The summed E-state index contributed by atoms with van der Waals surface area (Å²) in [4.78, 5) is 19.7. The summed E-state index contributed by atoms with van der Waals surface area (Å²) in [5.74, 6) is 1.18. The fraction of sp³-hybridized carbons (Fsp3) is 0.368. The standard InChI is InChI=1S/C19H21ClN4OS/c1-12(25)22-15-10-24(9-14(15)19-21-7-8-23(19)2)11-17-18(20)13-5-3-4-6-16(13)26-17/h3-8,14-15H,9-11H2,1-2H3,(H,22,25)/t14-,15-/m1/s1. The van der Waals surface area contributed by atoms with Gasteiger partial charge in [0.2, 0.25) is 5.91 Å². The van der Waals surface area contributed by atoms with E-state index in [1.165, 1.54) is 9.58 Å². The molecule has 5 nitrogen and oxygen atoms in total. The summed E-state index contributed by atoms with van der Waals surface area (Å²) in [6.07, 6.45) is 3.76. The quantitative estimate of drug-likeness (QED) is 0.745. The molecule has 0 radical (unpaired) electrons. The molecule has 3 aromatic rings. The number of hydrogen-bond acceptors (Lipinski definition) is 4. The minimum atomic E-state index is -0.00375. The predicted molar refractivity (Wildman–Crippen MR) is 106 cm³/mol. The normalized spacial score (nSPS) is 20.7. The zero-order valence-electron chi connectivity index (χ0n) is 14.8. The fourth-order valence-electron chi connectivity index (χ4n) is 3.79. The van der Waals surface area contributed by atoms with Crippen molar-refractivity contribution >= 4 is 38.9 Å². The van der Waals surface area contributed by atoms with E-state index in [1.54, 1.807) is 18.3 Å². The van der Waals surface area contributed by atoms with Crippen molar-refractivity contribution in [3.63, 3.8) is 0 Å². The molecule has 0 bridgehead atoms. The Bertz CT molecular complexity index is 950. The average molecular weight is 389 g/mol. The first-order chi connectivity index (χ1) is 12.5. The van der Waals surface area contributed by atoms with Crippen molar-refractivity contribution in [3.8, 4) is 0 Å². The highest BCUT2D eigenvalue weighted by Crippen LogP contribution is 2.37. The second kappa shape index (κ2) is 7.02. The van der Waals surface area contributed by atoms with Crippen molar-refractivity contribution < 1.29 is 4.79 Å². The Balaban J connectivity index is 1.58. The van der Waals surface area contributed by atoms with Gasteiger partial charge in [-0.1, -0.05) is 29.8 Å². The number of thiophene rings is 1. The molecule has 7 heteroatoms. The third kappa shape index (κ3) is 3.24. The van der Waals surface area contributed by atoms with Gasteiger partial charge in [0.25, 0.3) is 0 Å². The van der Waals surface area contributed by atoms with Gasteiger partial charge < -0.3 is 9.88 Å². The Morgan fingerprint density at radius 3 is 2.88 bits per heavy atom. The van der Waals surface area contributed by atoms with Crippen LogP contribution in [0.5, 0.6) is 0 Å². The van der Waals surface area contributed by atoms with Gasteiger partial charge in [-0.25, -0.2) is 4.98 Å². The van der Waals surface area contributed by atoms with Crippen molar-refractivity contribution in [2.45, 2.75) is 25.4 Å². The third-order valence-corrected chi connectivity index (χ3v) is 6.64. The van der Waals surface area contributed by atoms with Gasteiger partial charge in [0, 0.05) is 61.0 Å². The van der Waals surface area contributed by atoms with Crippen LogP contribution in [0.25, 0.3) is 10.1 Å². The van der Waals surface area contributed by atoms with E-state index in [-0.39, 0.29) is 17.9 Å². The lowest BCUT2D eigenvalue weighted by atomic mass is 10.0. The van der Waals surface area contributed by atoms with Crippen molar-refractivity contribution in [1.29, 1.82) is 0 Å². The number of benzene rings is 1. The number of fused-ring (bicyclic) bond motifs is 1. The molecule has 4 rings (SSSR count). The average Bonchev–Trinajstić information content (AvgIpc) is 3.27. The van der Waals surface area contributed by atoms with Crippen LogP contribution in [0.1, 0.15) is 23.5 Å². The van der Waals surface area contributed by atoms with E-state index < -0.39 is 0 Å².